The van der Waals surface area contributed by atoms with Gasteiger partial charge < -0.3 is 14.8 Å². The molecule has 0 heterocycles. The summed E-state index contributed by atoms with van der Waals surface area (Å²) in [7, 11) is 4.75. The molecule has 0 aliphatic rings. The van der Waals surface area contributed by atoms with Gasteiger partial charge in [-0.2, -0.15) is 0 Å². The highest BCUT2D eigenvalue weighted by Crippen LogP contribution is 2.25. The molecular weight excluding hydrogens is 306 g/mol. The zero-order chi connectivity index (χ0) is 17.5. The first-order valence-corrected chi connectivity index (χ1v) is 7.36. The highest BCUT2D eigenvalue weighted by Gasteiger charge is 2.09. The van der Waals surface area contributed by atoms with Gasteiger partial charge >= 0.3 is 0 Å². The van der Waals surface area contributed by atoms with E-state index in [0.717, 1.165) is 0 Å². The van der Waals surface area contributed by atoms with E-state index >= 15 is 0 Å². The summed E-state index contributed by atoms with van der Waals surface area (Å²) in [4.78, 5) is 24.7. The quantitative estimate of drug-likeness (QED) is 0.653. The number of benzene rings is 1. The maximum Gasteiger partial charge on any atom is 0.212 e. The lowest BCUT2D eigenvalue weighted by molar-refractivity contribution is 0.104. The number of carbonyl (C=O) groups is 1. The second-order valence-corrected chi connectivity index (χ2v) is 4.93. The Labute approximate surface area is 140 Å². The van der Waals surface area contributed by atoms with Crippen molar-refractivity contribution in [1.82, 2.24) is 0 Å². The molecule has 1 N–H and O–H groups in total. The Bertz CT molecular complexity index is 828. The molecule has 0 amide bonds. The van der Waals surface area contributed by atoms with Crippen LogP contribution in [0, 0.1) is 0 Å². The lowest BCUT2D eigenvalue weighted by atomic mass is 10.1. The number of anilines is 1. The molecule has 2 aromatic carbocycles. The zero-order valence-corrected chi connectivity index (χ0v) is 13.8. The monoisotopic (exact) mass is 325 g/mol. The van der Waals surface area contributed by atoms with E-state index in [-0.39, 0.29) is 16.8 Å². The fourth-order valence-electron chi connectivity index (χ4n) is 2.20. The Hall–Kier alpha value is -3.08. The van der Waals surface area contributed by atoms with Crippen LogP contribution >= 0.6 is 0 Å². The maximum atomic E-state index is 12.4. The molecule has 0 fully saturated rings. The lowest BCUT2D eigenvalue weighted by Gasteiger charge is -2.07. The number of ether oxygens (including phenoxy) is 2. The van der Waals surface area contributed by atoms with Crippen molar-refractivity contribution in [2.24, 2.45) is 0 Å². The van der Waals surface area contributed by atoms with Crippen molar-refractivity contribution in [3.63, 3.8) is 0 Å². The zero-order valence-electron chi connectivity index (χ0n) is 13.8. The predicted octanol–water partition coefficient (Wildman–Crippen LogP) is 3.00. The lowest BCUT2D eigenvalue weighted by Crippen LogP contribution is -2.14. The highest BCUT2D eigenvalue weighted by molar-refractivity contribution is 6.07. The number of hydrogen-bond acceptors (Lipinski definition) is 5. The molecule has 2 rings (SSSR count). The summed E-state index contributed by atoms with van der Waals surface area (Å²) in [6.45, 7) is 0. The minimum Gasteiger partial charge on any atom is -0.497 e. The number of hydrogen-bond donors (Lipinski definition) is 1. The minimum absolute atomic E-state index is 0.105. The van der Waals surface area contributed by atoms with Gasteiger partial charge in [0.2, 0.25) is 5.43 Å². The van der Waals surface area contributed by atoms with Gasteiger partial charge in [0.05, 0.1) is 25.5 Å². The number of allylic oxidation sites excluding steroid dienone is 1. The first kappa shape index (κ1) is 17.3. The smallest absolute Gasteiger partial charge is 0.212 e. The van der Waals surface area contributed by atoms with E-state index in [1.807, 2.05) is 0 Å². The van der Waals surface area contributed by atoms with Crippen molar-refractivity contribution in [2.75, 3.05) is 26.6 Å². The van der Waals surface area contributed by atoms with Gasteiger partial charge in [-0.15, -0.1) is 0 Å². The highest BCUT2D eigenvalue weighted by atomic mass is 16.5. The van der Waals surface area contributed by atoms with E-state index in [1.165, 1.54) is 12.1 Å². The molecule has 2 aromatic rings. The van der Waals surface area contributed by atoms with Crippen molar-refractivity contribution in [3.8, 4) is 11.5 Å². The fourth-order valence-corrected chi connectivity index (χ4v) is 2.20. The molecule has 124 valence electrons. The molecule has 0 atom stereocenters. The van der Waals surface area contributed by atoms with E-state index in [1.54, 1.807) is 63.7 Å². The van der Waals surface area contributed by atoms with E-state index in [4.69, 9.17) is 9.47 Å². The Morgan fingerprint density at radius 3 is 2.50 bits per heavy atom. The van der Waals surface area contributed by atoms with Gasteiger partial charge in [0.25, 0.3) is 0 Å². The van der Waals surface area contributed by atoms with Crippen LogP contribution < -0.4 is 20.2 Å². The van der Waals surface area contributed by atoms with Crippen molar-refractivity contribution in [2.45, 2.75) is 0 Å². The minimum atomic E-state index is -0.370. The summed E-state index contributed by atoms with van der Waals surface area (Å²) in [5, 5.41) is 2.79. The van der Waals surface area contributed by atoms with Crippen LogP contribution in [0.1, 0.15) is 15.9 Å². The standard InChI is InChI=1S/C19H19NO4/c1-20-16-7-5-4-6-15(19(16)22)17(21)11-9-13-8-10-14(23-2)12-18(13)24-3/h4-12H,1-3H3,(H,20,22)/b11-9-. The molecule has 0 saturated carbocycles. The van der Waals surface area contributed by atoms with Crippen molar-refractivity contribution < 1.29 is 14.3 Å². The van der Waals surface area contributed by atoms with Crippen LogP contribution in [0.4, 0.5) is 5.69 Å². The van der Waals surface area contributed by atoms with Gasteiger partial charge in [0.15, 0.2) is 5.78 Å². The summed E-state index contributed by atoms with van der Waals surface area (Å²) in [6.07, 6.45) is 2.98. The first-order chi connectivity index (χ1) is 11.6. The van der Waals surface area contributed by atoms with Crippen molar-refractivity contribution in [1.29, 1.82) is 0 Å². The Balaban J connectivity index is 2.36. The average Bonchev–Trinajstić information content (AvgIpc) is 2.80. The molecule has 0 radical (unpaired) electrons. The number of methoxy groups -OCH3 is 2. The molecule has 0 aliphatic carbocycles. The maximum absolute atomic E-state index is 12.4. The third-order valence-corrected chi connectivity index (χ3v) is 3.52. The summed E-state index contributed by atoms with van der Waals surface area (Å²) in [5.41, 5.74) is 0.860. The van der Waals surface area contributed by atoms with Crippen LogP contribution in [0.5, 0.6) is 11.5 Å². The Morgan fingerprint density at radius 2 is 1.83 bits per heavy atom. The third-order valence-electron chi connectivity index (χ3n) is 3.52. The van der Waals surface area contributed by atoms with Gasteiger partial charge in [-0.1, -0.05) is 12.1 Å². The Morgan fingerprint density at radius 1 is 1.08 bits per heavy atom. The normalized spacial score (nSPS) is 10.5. The van der Waals surface area contributed by atoms with Gasteiger partial charge in [0.1, 0.15) is 11.5 Å². The third kappa shape index (κ3) is 3.81. The van der Waals surface area contributed by atoms with Crippen LogP contribution in [-0.2, 0) is 0 Å². The van der Waals surface area contributed by atoms with Crippen LogP contribution in [0.25, 0.3) is 6.08 Å². The van der Waals surface area contributed by atoms with Crippen molar-refractivity contribution >= 4 is 17.5 Å². The van der Waals surface area contributed by atoms with Crippen LogP contribution in [0.3, 0.4) is 0 Å². The topological polar surface area (TPSA) is 64.6 Å². The Kier molecular flexibility index (Phi) is 5.73. The van der Waals surface area contributed by atoms with E-state index < -0.39 is 0 Å². The number of nitrogens with one attached hydrogen (secondary N) is 1. The predicted molar refractivity (Wildman–Crippen MR) is 95.2 cm³/mol. The van der Waals surface area contributed by atoms with E-state index in [2.05, 4.69) is 5.32 Å². The summed E-state index contributed by atoms with van der Waals surface area (Å²) in [5.74, 6) is 0.867. The average molecular weight is 325 g/mol. The number of carbonyl (C=O) groups excluding carboxylic acids is 1. The number of ketones is 1. The largest absolute Gasteiger partial charge is 0.497 e. The van der Waals surface area contributed by atoms with Crippen LogP contribution in [0.2, 0.25) is 0 Å². The summed E-state index contributed by atoms with van der Waals surface area (Å²) in [6, 6.07) is 11.8. The molecule has 24 heavy (non-hydrogen) atoms. The first-order valence-electron chi connectivity index (χ1n) is 7.36. The summed E-state index contributed by atoms with van der Waals surface area (Å²) >= 11 is 0. The van der Waals surface area contributed by atoms with E-state index in [0.29, 0.717) is 22.7 Å². The molecule has 0 aliphatic heterocycles. The van der Waals surface area contributed by atoms with Gasteiger partial charge in [-0.3, -0.25) is 9.59 Å². The second kappa shape index (κ2) is 7.97. The molecule has 0 bridgehead atoms. The van der Waals surface area contributed by atoms with Gasteiger partial charge in [-0.25, -0.2) is 0 Å². The molecule has 0 spiro atoms. The molecule has 0 saturated heterocycles. The van der Waals surface area contributed by atoms with Gasteiger partial charge in [-0.05, 0) is 36.4 Å². The molecule has 5 nitrogen and oxygen atoms in total. The molecular formula is C19H19NO4. The van der Waals surface area contributed by atoms with Crippen molar-refractivity contribution in [3.05, 3.63) is 69.9 Å². The second-order valence-electron chi connectivity index (χ2n) is 4.93. The van der Waals surface area contributed by atoms with Gasteiger partial charge in [0, 0.05) is 18.7 Å². The van der Waals surface area contributed by atoms with E-state index in [9.17, 15) is 9.59 Å². The molecule has 0 unspecified atom stereocenters. The fraction of sp³-hybridized carbons (Fsp3) is 0.158. The molecule has 0 aromatic heterocycles. The SMILES string of the molecule is CNc1ccccc(C(=O)/C=C\c2ccc(OC)cc2OC)c1=O. The van der Waals surface area contributed by atoms with Crippen LogP contribution in [0.15, 0.2) is 53.3 Å². The summed E-state index contributed by atoms with van der Waals surface area (Å²) < 4.78 is 10.4. The van der Waals surface area contributed by atoms with Crippen LogP contribution in [-0.4, -0.2) is 27.1 Å². The number of rotatable bonds is 6. The molecule has 5 heteroatoms.